The third kappa shape index (κ3) is 6.64. The molecule has 39 heavy (non-hydrogen) atoms. The molecule has 204 valence electrons. The average Bonchev–Trinajstić information content (AvgIpc) is 3.26. The van der Waals surface area contributed by atoms with E-state index >= 15 is 0 Å². The Labute approximate surface area is 228 Å². The quantitative estimate of drug-likeness (QED) is 0.331. The van der Waals surface area contributed by atoms with E-state index < -0.39 is 36.2 Å². The SMILES string of the molecule is CC(C)C(NC(=O)OCC1c2ccccc2-c2ccccc21)C(=O)N[C@H](C(=O)O)[C@@H](C)OCc1ccccc1. The van der Waals surface area contributed by atoms with Crippen LogP contribution in [0.5, 0.6) is 0 Å². The lowest BCUT2D eigenvalue weighted by Gasteiger charge is -2.26. The molecule has 3 atom stereocenters. The van der Waals surface area contributed by atoms with Crippen LogP contribution in [0.4, 0.5) is 4.79 Å². The second kappa shape index (κ2) is 12.6. The molecule has 0 saturated carbocycles. The zero-order chi connectivity index (χ0) is 27.9. The van der Waals surface area contributed by atoms with Crippen LogP contribution >= 0.6 is 0 Å². The Morgan fingerprint density at radius 1 is 0.795 bits per heavy atom. The van der Waals surface area contributed by atoms with Crippen LogP contribution in [0.3, 0.4) is 0 Å². The van der Waals surface area contributed by atoms with Crippen LogP contribution in [0.1, 0.15) is 43.4 Å². The zero-order valence-corrected chi connectivity index (χ0v) is 22.3. The number of rotatable bonds is 11. The number of carboxylic acids is 1. The first-order chi connectivity index (χ1) is 18.8. The molecular formula is C31H34N2O6. The van der Waals surface area contributed by atoms with Gasteiger partial charge in [-0.05, 0) is 40.7 Å². The number of alkyl carbamates (subject to hydrolysis) is 1. The predicted molar refractivity (Wildman–Crippen MR) is 147 cm³/mol. The molecule has 1 aliphatic rings. The normalized spacial score (nSPS) is 14.6. The van der Waals surface area contributed by atoms with Crippen molar-refractivity contribution >= 4 is 18.0 Å². The molecule has 2 amide bonds. The molecule has 8 nitrogen and oxygen atoms in total. The van der Waals surface area contributed by atoms with Crippen molar-refractivity contribution in [2.24, 2.45) is 5.92 Å². The summed E-state index contributed by atoms with van der Waals surface area (Å²) in [5, 5.41) is 14.9. The fraction of sp³-hybridized carbons (Fsp3) is 0.323. The highest BCUT2D eigenvalue weighted by Crippen LogP contribution is 2.44. The largest absolute Gasteiger partial charge is 0.480 e. The van der Waals surface area contributed by atoms with Crippen molar-refractivity contribution in [3.05, 3.63) is 95.6 Å². The molecule has 0 heterocycles. The van der Waals surface area contributed by atoms with Crippen molar-refractivity contribution in [2.75, 3.05) is 6.61 Å². The summed E-state index contributed by atoms with van der Waals surface area (Å²) in [6.07, 6.45) is -1.56. The Morgan fingerprint density at radius 3 is 1.92 bits per heavy atom. The minimum absolute atomic E-state index is 0.106. The highest BCUT2D eigenvalue weighted by molar-refractivity contribution is 5.89. The van der Waals surface area contributed by atoms with E-state index in [1.807, 2.05) is 66.7 Å². The number of fused-ring (bicyclic) bond motifs is 3. The second-order valence-electron chi connectivity index (χ2n) is 10.0. The maximum atomic E-state index is 13.1. The first-order valence-corrected chi connectivity index (χ1v) is 13.1. The number of ether oxygens (including phenoxy) is 2. The van der Waals surface area contributed by atoms with E-state index in [0.717, 1.165) is 27.8 Å². The highest BCUT2D eigenvalue weighted by atomic mass is 16.5. The van der Waals surface area contributed by atoms with Gasteiger partial charge in [0.2, 0.25) is 5.91 Å². The summed E-state index contributed by atoms with van der Waals surface area (Å²) < 4.78 is 11.3. The lowest BCUT2D eigenvalue weighted by Crippen LogP contribution is -2.56. The zero-order valence-electron chi connectivity index (χ0n) is 22.3. The number of benzene rings is 3. The molecule has 3 aromatic carbocycles. The summed E-state index contributed by atoms with van der Waals surface area (Å²) in [6, 6.07) is 23.1. The first kappa shape index (κ1) is 27.9. The van der Waals surface area contributed by atoms with Gasteiger partial charge in [-0.3, -0.25) is 4.79 Å². The molecular weight excluding hydrogens is 496 g/mol. The highest BCUT2D eigenvalue weighted by Gasteiger charge is 2.33. The summed E-state index contributed by atoms with van der Waals surface area (Å²) >= 11 is 0. The molecule has 1 unspecified atom stereocenters. The molecule has 3 N–H and O–H groups in total. The summed E-state index contributed by atoms with van der Waals surface area (Å²) in [4.78, 5) is 37.8. The van der Waals surface area contributed by atoms with Crippen LogP contribution in [0, 0.1) is 5.92 Å². The molecule has 0 bridgehead atoms. The summed E-state index contributed by atoms with van der Waals surface area (Å²) in [5.74, 6) is -2.29. The van der Waals surface area contributed by atoms with Crippen molar-refractivity contribution in [3.63, 3.8) is 0 Å². The van der Waals surface area contributed by atoms with E-state index in [-0.39, 0.29) is 25.0 Å². The average molecular weight is 531 g/mol. The standard InChI is InChI=1S/C31H34N2O6/c1-19(2)27(29(34)32-28(30(35)36)20(3)38-17-21-11-5-4-6-12-21)33-31(37)39-18-26-24-15-9-7-13-22(24)23-14-8-10-16-25(23)26/h4-16,19-20,26-28H,17-18H2,1-3H3,(H,32,34)(H,33,37)(H,35,36)/t20-,27?,28+/m1/s1. The van der Waals surface area contributed by atoms with Gasteiger partial charge in [0.05, 0.1) is 12.7 Å². The topological polar surface area (TPSA) is 114 Å². The molecule has 0 aliphatic heterocycles. The van der Waals surface area contributed by atoms with Crippen LogP contribution in [-0.2, 0) is 25.7 Å². The van der Waals surface area contributed by atoms with Crippen molar-refractivity contribution in [1.82, 2.24) is 10.6 Å². The fourth-order valence-electron chi connectivity index (χ4n) is 4.82. The third-order valence-corrected chi connectivity index (χ3v) is 6.96. The van der Waals surface area contributed by atoms with Crippen LogP contribution in [0.15, 0.2) is 78.9 Å². The summed E-state index contributed by atoms with van der Waals surface area (Å²) in [7, 11) is 0. The van der Waals surface area contributed by atoms with Crippen LogP contribution in [0.25, 0.3) is 11.1 Å². The van der Waals surface area contributed by atoms with Crippen LogP contribution in [-0.4, -0.2) is 47.9 Å². The van der Waals surface area contributed by atoms with Gasteiger partial charge >= 0.3 is 12.1 Å². The van der Waals surface area contributed by atoms with Crippen molar-refractivity contribution in [1.29, 1.82) is 0 Å². The van der Waals surface area contributed by atoms with E-state index in [1.165, 1.54) is 0 Å². The number of hydrogen-bond donors (Lipinski definition) is 3. The fourth-order valence-corrected chi connectivity index (χ4v) is 4.82. The molecule has 0 saturated heterocycles. The first-order valence-electron chi connectivity index (χ1n) is 13.1. The second-order valence-corrected chi connectivity index (χ2v) is 10.0. The molecule has 1 aliphatic carbocycles. The van der Waals surface area contributed by atoms with Gasteiger partial charge in [0.15, 0.2) is 6.04 Å². The van der Waals surface area contributed by atoms with E-state index in [1.54, 1.807) is 20.8 Å². The molecule has 0 spiro atoms. The van der Waals surface area contributed by atoms with Gasteiger partial charge < -0.3 is 25.2 Å². The number of aliphatic carboxylic acids is 1. The molecule has 0 radical (unpaired) electrons. The van der Waals surface area contributed by atoms with Crippen LogP contribution in [0.2, 0.25) is 0 Å². The minimum atomic E-state index is -1.30. The number of carbonyl (C=O) groups is 3. The minimum Gasteiger partial charge on any atom is -0.480 e. The van der Waals surface area contributed by atoms with Crippen molar-refractivity contribution in [3.8, 4) is 11.1 Å². The summed E-state index contributed by atoms with van der Waals surface area (Å²) in [6.45, 7) is 5.42. The third-order valence-electron chi connectivity index (χ3n) is 6.96. The molecule has 0 fully saturated rings. The Hall–Kier alpha value is -4.17. The lowest BCUT2D eigenvalue weighted by molar-refractivity contribution is -0.147. The van der Waals surface area contributed by atoms with Crippen molar-refractivity contribution < 1.29 is 29.0 Å². The van der Waals surface area contributed by atoms with Crippen LogP contribution < -0.4 is 10.6 Å². The number of carboxylic acid groups (broad SMARTS) is 1. The van der Waals surface area contributed by atoms with Gasteiger partial charge in [0.1, 0.15) is 12.6 Å². The van der Waals surface area contributed by atoms with Crippen molar-refractivity contribution in [2.45, 2.75) is 51.5 Å². The Bertz CT molecular complexity index is 1260. The van der Waals surface area contributed by atoms with Gasteiger partial charge in [0.25, 0.3) is 0 Å². The lowest BCUT2D eigenvalue weighted by atomic mass is 9.98. The van der Waals surface area contributed by atoms with E-state index in [9.17, 15) is 19.5 Å². The maximum absolute atomic E-state index is 13.1. The van der Waals surface area contributed by atoms with Gasteiger partial charge in [0, 0.05) is 5.92 Å². The van der Waals surface area contributed by atoms with Gasteiger partial charge in [-0.1, -0.05) is 92.7 Å². The monoisotopic (exact) mass is 530 g/mol. The Morgan fingerprint density at radius 2 is 1.36 bits per heavy atom. The van der Waals surface area contributed by atoms with E-state index in [4.69, 9.17) is 9.47 Å². The molecule has 8 heteroatoms. The maximum Gasteiger partial charge on any atom is 0.407 e. The van der Waals surface area contributed by atoms with Gasteiger partial charge in [-0.15, -0.1) is 0 Å². The summed E-state index contributed by atoms with van der Waals surface area (Å²) in [5.41, 5.74) is 5.28. The molecule has 3 aromatic rings. The van der Waals surface area contributed by atoms with E-state index in [0.29, 0.717) is 0 Å². The number of nitrogens with one attached hydrogen (secondary N) is 2. The molecule has 0 aromatic heterocycles. The van der Waals surface area contributed by atoms with E-state index in [2.05, 4.69) is 22.8 Å². The smallest absolute Gasteiger partial charge is 0.407 e. The van der Waals surface area contributed by atoms with Gasteiger partial charge in [-0.25, -0.2) is 9.59 Å². The van der Waals surface area contributed by atoms with Gasteiger partial charge in [-0.2, -0.15) is 0 Å². The number of carbonyl (C=O) groups excluding carboxylic acids is 2. The number of hydrogen-bond acceptors (Lipinski definition) is 5. The predicted octanol–water partition coefficient (Wildman–Crippen LogP) is 4.72. The Balaban J connectivity index is 1.36. The number of amides is 2. The molecule has 4 rings (SSSR count). The Kier molecular flexibility index (Phi) is 8.99.